The topological polar surface area (TPSA) is 59.1 Å². The van der Waals surface area contributed by atoms with Gasteiger partial charge >= 0.3 is 0 Å². The van der Waals surface area contributed by atoms with Crippen molar-refractivity contribution < 1.29 is 12.8 Å². The van der Waals surface area contributed by atoms with Gasteiger partial charge in [0.05, 0.1) is 0 Å². The summed E-state index contributed by atoms with van der Waals surface area (Å²) in [6.07, 6.45) is 1.45. The number of nitrogens with zero attached hydrogens (tertiary/aromatic N) is 1. The van der Waals surface area contributed by atoms with E-state index in [1.807, 2.05) is 0 Å². The van der Waals surface area contributed by atoms with Crippen LogP contribution in [-0.4, -0.2) is 13.4 Å². The maximum Gasteiger partial charge on any atom is 0.266 e. The van der Waals surface area contributed by atoms with Crippen molar-refractivity contribution in [1.82, 2.24) is 4.98 Å². The summed E-state index contributed by atoms with van der Waals surface area (Å²) in [5, 5.41) is 0. The normalized spacial score (nSPS) is 11.2. The first-order valence-electron chi connectivity index (χ1n) is 5.20. The van der Waals surface area contributed by atoms with Crippen LogP contribution < -0.4 is 4.72 Å². The zero-order chi connectivity index (χ0) is 13.2. The Labute approximate surface area is 105 Å². The molecule has 0 amide bonds. The number of sulfonamides is 1. The number of hydrogen-bond acceptors (Lipinski definition) is 3. The van der Waals surface area contributed by atoms with E-state index in [1.54, 1.807) is 12.1 Å². The van der Waals surface area contributed by atoms with Crippen LogP contribution in [0.4, 0.5) is 10.2 Å². The number of aryl methyl sites for hydroxylation is 1. The molecule has 0 bridgehead atoms. The predicted octanol–water partition coefficient (Wildman–Crippen LogP) is 2.33. The fourth-order valence-corrected chi connectivity index (χ4v) is 2.88. The van der Waals surface area contributed by atoms with Gasteiger partial charge in [0.1, 0.15) is 16.5 Å². The van der Waals surface area contributed by atoms with Crippen LogP contribution in [0.5, 0.6) is 0 Å². The van der Waals surface area contributed by atoms with Crippen molar-refractivity contribution >= 4 is 15.8 Å². The summed E-state index contributed by atoms with van der Waals surface area (Å²) in [6.45, 7) is 1.54. The molecule has 0 aliphatic heterocycles. The lowest BCUT2D eigenvalue weighted by Gasteiger charge is -2.10. The number of nitrogens with one attached hydrogen (secondary N) is 1. The lowest BCUT2D eigenvalue weighted by Crippen LogP contribution is -2.16. The Kier molecular flexibility index (Phi) is 3.29. The Hall–Kier alpha value is -1.95. The van der Waals surface area contributed by atoms with E-state index in [4.69, 9.17) is 0 Å². The molecule has 0 radical (unpaired) electrons. The van der Waals surface area contributed by atoms with Crippen LogP contribution in [-0.2, 0) is 10.0 Å². The van der Waals surface area contributed by atoms with E-state index in [0.29, 0.717) is 5.56 Å². The lowest BCUT2D eigenvalue weighted by atomic mass is 10.2. The Bertz CT molecular complexity index is 637. The summed E-state index contributed by atoms with van der Waals surface area (Å²) >= 11 is 0. The van der Waals surface area contributed by atoms with Crippen molar-refractivity contribution in [2.45, 2.75) is 11.8 Å². The average molecular weight is 266 g/mol. The SMILES string of the molecule is Cc1cccc(F)c1S(=O)(=O)Nc1ccccn1. The molecule has 1 N–H and O–H groups in total. The maximum absolute atomic E-state index is 13.6. The summed E-state index contributed by atoms with van der Waals surface area (Å²) < 4.78 is 40.0. The largest absolute Gasteiger partial charge is 0.266 e. The first kappa shape index (κ1) is 12.5. The van der Waals surface area contributed by atoms with E-state index in [0.717, 1.165) is 6.07 Å². The van der Waals surface area contributed by atoms with Gasteiger partial charge < -0.3 is 0 Å². The van der Waals surface area contributed by atoms with Gasteiger partial charge in [-0.25, -0.2) is 17.8 Å². The van der Waals surface area contributed by atoms with Crippen molar-refractivity contribution in [1.29, 1.82) is 0 Å². The maximum atomic E-state index is 13.6. The van der Waals surface area contributed by atoms with E-state index in [-0.39, 0.29) is 10.7 Å². The first-order chi connectivity index (χ1) is 8.50. The molecule has 2 rings (SSSR count). The second-order valence-electron chi connectivity index (χ2n) is 3.71. The number of aromatic nitrogens is 1. The molecule has 0 saturated carbocycles. The van der Waals surface area contributed by atoms with E-state index in [2.05, 4.69) is 9.71 Å². The van der Waals surface area contributed by atoms with Gasteiger partial charge in [-0.3, -0.25) is 4.72 Å². The fraction of sp³-hybridized carbons (Fsp3) is 0.0833. The lowest BCUT2D eigenvalue weighted by molar-refractivity contribution is 0.568. The molecular formula is C12H11FN2O2S. The van der Waals surface area contributed by atoms with Gasteiger partial charge in [0.25, 0.3) is 10.0 Å². The van der Waals surface area contributed by atoms with Crippen LogP contribution in [0.25, 0.3) is 0 Å². The number of pyridine rings is 1. The van der Waals surface area contributed by atoms with Crippen LogP contribution in [0.1, 0.15) is 5.56 Å². The van der Waals surface area contributed by atoms with E-state index >= 15 is 0 Å². The zero-order valence-corrected chi connectivity index (χ0v) is 10.4. The van der Waals surface area contributed by atoms with Crippen LogP contribution in [0.3, 0.4) is 0 Å². The minimum Gasteiger partial charge on any atom is -0.263 e. The Balaban J connectivity index is 2.44. The summed E-state index contributed by atoms with van der Waals surface area (Å²) in [7, 11) is -3.96. The molecule has 0 aliphatic carbocycles. The van der Waals surface area contributed by atoms with Gasteiger partial charge in [-0.1, -0.05) is 18.2 Å². The van der Waals surface area contributed by atoms with Crippen molar-refractivity contribution in [2.24, 2.45) is 0 Å². The molecule has 6 heteroatoms. The number of hydrogen-bond donors (Lipinski definition) is 1. The molecule has 0 aliphatic rings. The van der Waals surface area contributed by atoms with Gasteiger partial charge in [0.15, 0.2) is 0 Å². The molecule has 0 spiro atoms. The molecule has 0 fully saturated rings. The second kappa shape index (κ2) is 4.73. The van der Waals surface area contributed by atoms with Gasteiger partial charge in [0.2, 0.25) is 0 Å². The number of rotatable bonds is 3. The highest BCUT2D eigenvalue weighted by Crippen LogP contribution is 2.21. The Morgan fingerprint density at radius 1 is 1.17 bits per heavy atom. The summed E-state index contributed by atoms with van der Waals surface area (Å²) in [5.41, 5.74) is 0.346. The van der Waals surface area contributed by atoms with Crippen molar-refractivity contribution in [3.05, 3.63) is 54.0 Å². The predicted molar refractivity (Wildman–Crippen MR) is 66.2 cm³/mol. The van der Waals surface area contributed by atoms with Crippen molar-refractivity contribution in [2.75, 3.05) is 4.72 Å². The van der Waals surface area contributed by atoms with Gasteiger partial charge in [0, 0.05) is 6.20 Å². The van der Waals surface area contributed by atoms with Gasteiger partial charge in [-0.15, -0.1) is 0 Å². The number of benzene rings is 1. The van der Waals surface area contributed by atoms with Gasteiger partial charge in [-0.05, 0) is 30.7 Å². The van der Waals surface area contributed by atoms with Crippen LogP contribution in [0, 0.1) is 12.7 Å². The van der Waals surface area contributed by atoms with Crippen LogP contribution >= 0.6 is 0 Å². The van der Waals surface area contributed by atoms with Crippen LogP contribution in [0.2, 0.25) is 0 Å². The zero-order valence-electron chi connectivity index (χ0n) is 9.59. The molecule has 0 atom stereocenters. The fourth-order valence-electron chi connectivity index (χ4n) is 1.57. The third-order valence-electron chi connectivity index (χ3n) is 2.34. The molecular weight excluding hydrogens is 255 g/mol. The van der Waals surface area contributed by atoms with Gasteiger partial charge in [-0.2, -0.15) is 0 Å². The third kappa shape index (κ3) is 2.48. The quantitative estimate of drug-likeness (QED) is 0.927. The highest BCUT2D eigenvalue weighted by Gasteiger charge is 2.21. The molecule has 1 aromatic heterocycles. The second-order valence-corrected chi connectivity index (χ2v) is 5.33. The molecule has 0 unspecified atom stereocenters. The molecule has 2 aromatic rings. The minimum atomic E-state index is -3.96. The molecule has 94 valence electrons. The number of halogens is 1. The summed E-state index contributed by atoms with van der Waals surface area (Å²) in [4.78, 5) is 3.48. The minimum absolute atomic E-state index is 0.153. The molecule has 1 heterocycles. The molecule has 18 heavy (non-hydrogen) atoms. The van der Waals surface area contributed by atoms with Crippen LogP contribution in [0.15, 0.2) is 47.5 Å². The summed E-state index contributed by atoms with van der Waals surface area (Å²) in [6, 6.07) is 8.90. The monoisotopic (exact) mass is 266 g/mol. The van der Waals surface area contributed by atoms with E-state index in [9.17, 15) is 12.8 Å². The van der Waals surface area contributed by atoms with E-state index < -0.39 is 15.8 Å². The summed E-state index contributed by atoms with van der Waals surface area (Å²) in [5.74, 6) is -0.626. The molecule has 1 aromatic carbocycles. The first-order valence-corrected chi connectivity index (χ1v) is 6.68. The molecule has 0 saturated heterocycles. The standard InChI is InChI=1S/C12H11FN2O2S/c1-9-5-4-6-10(13)12(9)18(16,17)15-11-7-2-3-8-14-11/h2-8H,1H3,(H,14,15). The highest BCUT2D eigenvalue weighted by atomic mass is 32.2. The average Bonchev–Trinajstić information content (AvgIpc) is 2.28. The Morgan fingerprint density at radius 2 is 1.94 bits per heavy atom. The third-order valence-corrected chi connectivity index (χ3v) is 3.87. The van der Waals surface area contributed by atoms with Crippen molar-refractivity contribution in [3.8, 4) is 0 Å². The number of anilines is 1. The molecule has 4 nitrogen and oxygen atoms in total. The van der Waals surface area contributed by atoms with E-state index in [1.165, 1.54) is 31.3 Å². The van der Waals surface area contributed by atoms with Crippen molar-refractivity contribution in [3.63, 3.8) is 0 Å². The Morgan fingerprint density at radius 3 is 2.56 bits per heavy atom. The highest BCUT2D eigenvalue weighted by molar-refractivity contribution is 7.92. The smallest absolute Gasteiger partial charge is 0.263 e.